The fourth-order valence-corrected chi connectivity index (χ4v) is 2.73. The van der Waals surface area contributed by atoms with Crippen molar-refractivity contribution in [2.24, 2.45) is 0 Å². The van der Waals surface area contributed by atoms with Crippen LogP contribution in [0.1, 0.15) is 36.1 Å². The number of amides is 1. The first-order valence-corrected chi connectivity index (χ1v) is 7.48. The van der Waals surface area contributed by atoms with E-state index >= 15 is 0 Å². The van der Waals surface area contributed by atoms with E-state index in [9.17, 15) is 9.59 Å². The fourth-order valence-electron chi connectivity index (χ4n) is 1.76. The second-order valence-corrected chi connectivity index (χ2v) is 6.56. The van der Waals surface area contributed by atoms with Crippen LogP contribution in [0.2, 0.25) is 0 Å². The third kappa shape index (κ3) is 4.05. The van der Waals surface area contributed by atoms with E-state index in [1.54, 1.807) is 20.8 Å². The lowest BCUT2D eigenvalue weighted by atomic mass is 10.2. The first kappa shape index (κ1) is 16.4. The lowest BCUT2D eigenvalue weighted by Gasteiger charge is -2.18. The van der Waals surface area contributed by atoms with Gasteiger partial charge < -0.3 is 14.2 Å². The van der Waals surface area contributed by atoms with Crippen LogP contribution in [0.4, 0.5) is 9.93 Å². The smallest absolute Gasteiger partial charge is 0.413 e. The number of thiazole rings is 1. The van der Waals surface area contributed by atoms with Crippen LogP contribution < -0.4 is 5.32 Å². The second kappa shape index (κ2) is 6.45. The number of hydrogen-bond donors (Lipinski definition) is 1. The molecule has 22 heavy (non-hydrogen) atoms. The van der Waals surface area contributed by atoms with Gasteiger partial charge in [0.2, 0.25) is 0 Å². The van der Waals surface area contributed by atoms with E-state index in [1.165, 1.54) is 18.4 Å². The summed E-state index contributed by atoms with van der Waals surface area (Å²) in [6.07, 6.45) is 1.25. The molecule has 120 valence electrons. The predicted octanol–water partition coefficient (Wildman–Crippen LogP) is 2.69. The SMILES string of the molecule is COC(=O)c1nc(NC(=O)OC(C)(C)C)sc1C1=CCOC1. The number of hydrogen-bond acceptors (Lipinski definition) is 7. The summed E-state index contributed by atoms with van der Waals surface area (Å²) in [7, 11) is 1.28. The molecule has 0 aliphatic carbocycles. The molecule has 2 rings (SSSR count). The normalized spacial score (nSPS) is 14.5. The summed E-state index contributed by atoms with van der Waals surface area (Å²) in [6.45, 7) is 6.18. The first-order valence-electron chi connectivity index (χ1n) is 6.66. The van der Waals surface area contributed by atoms with E-state index in [4.69, 9.17) is 14.2 Å². The number of nitrogens with zero attached hydrogens (tertiary/aromatic N) is 1. The maximum absolute atomic E-state index is 11.8. The zero-order valence-corrected chi connectivity index (χ0v) is 13.7. The topological polar surface area (TPSA) is 86.8 Å². The fraction of sp³-hybridized carbons (Fsp3) is 0.500. The Bertz CT molecular complexity index is 615. The van der Waals surface area contributed by atoms with Gasteiger partial charge in [-0.2, -0.15) is 0 Å². The average Bonchev–Trinajstić information content (AvgIpc) is 3.03. The number of nitrogens with one attached hydrogen (secondary N) is 1. The number of ether oxygens (including phenoxy) is 3. The summed E-state index contributed by atoms with van der Waals surface area (Å²) >= 11 is 1.18. The Morgan fingerprint density at radius 2 is 2.14 bits per heavy atom. The molecule has 2 heterocycles. The summed E-state index contributed by atoms with van der Waals surface area (Å²) in [5, 5.41) is 2.81. The first-order chi connectivity index (χ1) is 10.3. The van der Waals surface area contributed by atoms with Crippen LogP contribution in [0, 0.1) is 0 Å². The van der Waals surface area contributed by atoms with Gasteiger partial charge >= 0.3 is 12.1 Å². The van der Waals surface area contributed by atoms with Crippen molar-refractivity contribution >= 4 is 34.1 Å². The molecule has 1 amide bonds. The zero-order chi connectivity index (χ0) is 16.3. The van der Waals surface area contributed by atoms with Crippen LogP contribution in [0.5, 0.6) is 0 Å². The number of rotatable bonds is 3. The number of methoxy groups -OCH3 is 1. The van der Waals surface area contributed by atoms with Gasteiger partial charge in [0.1, 0.15) is 5.60 Å². The van der Waals surface area contributed by atoms with Crippen molar-refractivity contribution in [1.82, 2.24) is 4.98 Å². The number of anilines is 1. The molecule has 1 aliphatic heterocycles. The molecule has 0 unspecified atom stereocenters. The molecule has 1 N–H and O–H groups in total. The van der Waals surface area contributed by atoms with Gasteiger partial charge in [0.25, 0.3) is 0 Å². The van der Waals surface area contributed by atoms with Gasteiger partial charge in [-0.05, 0) is 26.3 Å². The van der Waals surface area contributed by atoms with Crippen LogP contribution in [0.15, 0.2) is 6.08 Å². The third-order valence-electron chi connectivity index (χ3n) is 2.61. The molecule has 0 fully saturated rings. The molecule has 7 nitrogen and oxygen atoms in total. The van der Waals surface area contributed by atoms with E-state index < -0.39 is 17.7 Å². The minimum absolute atomic E-state index is 0.162. The van der Waals surface area contributed by atoms with Crippen molar-refractivity contribution in [2.45, 2.75) is 26.4 Å². The molecule has 0 spiro atoms. The Hall–Kier alpha value is -1.93. The van der Waals surface area contributed by atoms with Crippen LogP contribution in [0.25, 0.3) is 5.57 Å². The Kier molecular flexibility index (Phi) is 4.82. The molecule has 0 saturated carbocycles. The Labute approximate surface area is 132 Å². The van der Waals surface area contributed by atoms with Gasteiger partial charge in [-0.1, -0.05) is 17.4 Å². The molecule has 0 aromatic carbocycles. The maximum atomic E-state index is 11.8. The van der Waals surface area contributed by atoms with Gasteiger partial charge in [0.15, 0.2) is 10.8 Å². The van der Waals surface area contributed by atoms with E-state index in [-0.39, 0.29) is 10.8 Å². The lowest BCUT2D eigenvalue weighted by molar-refractivity contribution is 0.0590. The Balaban J connectivity index is 2.22. The minimum atomic E-state index is -0.624. The van der Waals surface area contributed by atoms with Crippen LogP contribution >= 0.6 is 11.3 Å². The van der Waals surface area contributed by atoms with Crippen LogP contribution in [-0.4, -0.2) is 43.0 Å². The van der Waals surface area contributed by atoms with E-state index in [0.29, 0.717) is 18.1 Å². The highest BCUT2D eigenvalue weighted by Crippen LogP contribution is 2.32. The number of esters is 1. The zero-order valence-electron chi connectivity index (χ0n) is 12.9. The van der Waals surface area contributed by atoms with Crippen molar-refractivity contribution in [1.29, 1.82) is 0 Å². The van der Waals surface area contributed by atoms with Gasteiger partial charge in [0.05, 0.1) is 25.2 Å². The maximum Gasteiger partial charge on any atom is 0.413 e. The molecule has 1 aromatic heterocycles. The van der Waals surface area contributed by atoms with Gasteiger partial charge in [-0.25, -0.2) is 14.6 Å². The molecule has 1 aliphatic rings. The second-order valence-electron chi connectivity index (χ2n) is 5.56. The van der Waals surface area contributed by atoms with Crippen LogP contribution in [0.3, 0.4) is 0 Å². The Morgan fingerprint density at radius 1 is 1.41 bits per heavy atom. The standard InChI is InChI=1S/C14H18N2O5S/c1-14(2,3)21-13(18)16-12-15-9(11(17)19-4)10(22-12)8-5-6-20-7-8/h5H,6-7H2,1-4H3,(H,15,16,18). The highest BCUT2D eigenvalue weighted by atomic mass is 32.1. The van der Waals surface area contributed by atoms with Gasteiger partial charge in [-0.3, -0.25) is 5.32 Å². The summed E-state index contributed by atoms with van der Waals surface area (Å²) < 4.78 is 15.2. The van der Waals surface area contributed by atoms with E-state index in [2.05, 4.69) is 10.3 Å². The van der Waals surface area contributed by atoms with Gasteiger partial charge in [0, 0.05) is 0 Å². The number of carbonyl (C=O) groups is 2. The summed E-state index contributed by atoms with van der Waals surface area (Å²) in [5.41, 5.74) is 0.405. The quantitative estimate of drug-likeness (QED) is 0.859. The molecule has 1 aromatic rings. The molecule has 0 radical (unpaired) electrons. The summed E-state index contributed by atoms with van der Waals surface area (Å²) in [4.78, 5) is 28.4. The van der Waals surface area contributed by atoms with Crippen molar-refractivity contribution in [3.63, 3.8) is 0 Å². The Morgan fingerprint density at radius 3 is 2.68 bits per heavy atom. The molecular weight excluding hydrogens is 308 g/mol. The number of aromatic nitrogens is 1. The highest BCUT2D eigenvalue weighted by Gasteiger charge is 2.25. The molecular formula is C14H18N2O5S. The molecule has 0 bridgehead atoms. The lowest BCUT2D eigenvalue weighted by Crippen LogP contribution is -2.27. The third-order valence-corrected chi connectivity index (χ3v) is 3.66. The highest BCUT2D eigenvalue weighted by molar-refractivity contribution is 7.17. The monoisotopic (exact) mass is 326 g/mol. The van der Waals surface area contributed by atoms with Crippen molar-refractivity contribution in [2.75, 3.05) is 25.6 Å². The van der Waals surface area contributed by atoms with E-state index in [0.717, 1.165) is 5.57 Å². The molecule has 8 heteroatoms. The summed E-state index contributed by atoms with van der Waals surface area (Å²) in [5.74, 6) is -0.559. The van der Waals surface area contributed by atoms with Gasteiger partial charge in [-0.15, -0.1) is 0 Å². The molecule has 0 saturated heterocycles. The minimum Gasteiger partial charge on any atom is -0.464 e. The van der Waals surface area contributed by atoms with Crippen molar-refractivity contribution < 1.29 is 23.8 Å². The van der Waals surface area contributed by atoms with Crippen molar-refractivity contribution in [3.05, 3.63) is 16.6 Å². The largest absolute Gasteiger partial charge is 0.464 e. The average molecular weight is 326 g/mol. The van der Waals surface area contributed by atoms with Crippen LogP contribution in [-0.2, 0) is 14.2 Å². The summed E-state index contributed by atoms with van der Waals surface area (Å²) in [6, 6.07) is 0. The predicted molar refractivity (Wildman–Crippen MR) is 82.1 cm³/mol. The van der Waals surface area contributed by atoms with Crippen molar-refractivity contribution in [3.8, 4) is 0 Å². The number of carbonyl (C=O) groups excluding carboxylic acids is 2. The molecule has 0 atom stereocenters. The van der Waals surface area contributed by atoms with E-state index in [1.807, 2.05) is 6.08 Å².